The van der Waals surface area contributed by atoms with Crippen LogP contribution in [0.5, 0.6) is 0 Å². The third-order valence-corrected chi connectivity index (χ3v) is 3.52. The highest BCUT2D eigenvalue weighted by atomic mass is 16.5. The van der Waals surface area contributed by atoms with E-state index in [1.165, 1.54) is 7.05 Å². The molecule has 2 aliphatic rings. The number of amides is 2. The number of fused-ring (bicyclic) bond motifs is 1. The lowest BCUT2D eigenvalue weighted by atomic mass is 9.85. The van der Waals surface area contributed by atoms with E-state index in [0.29, 0.717) is 10.6 Å². The Labute approximate surface area is 124 Å². The van der Waals surface area contributed by atoms with Crippen molar-refractivity contribution in [2.24, 2.45) is 5.41 Å². The number of hydroxylamine groups is 2. The van der Waals surface area contributed by atoms with Gasteiger partial charge in [0.1, 0.15) is 6.04 Å². The third-order valence-electron chi connectivity index (χ3n) is 3.52. The highest BCUT2D eigenvalue weighted by molar-refractivity contribution is 6.02. The van der Waals surface area contributed by atoms with Gasteiger partial charge in [-0.15, -0.1) is 0 Å². The molecule has 5 heteroatoms. The lowest BCUT2D eigenvalue weighted by Crippen LogP contribution is -2.53. The van der Waals surface area contributed by atoms with Crippen molar-refractivity contribution in [2.75, 3.05) is 7.05 Å². The van der Waals surface area contributed by atoms with E-state index in [1.54, 1.807) is 6.08 Å². The second-order valence-electron chi connectivity index (χ2n) is 6.28. The molecule has 0 saturated heterocycles. The van der Waals surface area contributed by atoms with Crippen molar-refractivity contribution in [1.82, 2.24) is 10.4 Å². The maximum Gasteiger partial charge on any atom is 0.268 e. The summed E-state index contributed by atoms with van der Waals surface area (Å²) in [5.74, 6) is -0.854. The molecule has 0 heterocycles. The van der Waals surface area contributed by atoms with Gasteiger partial charge >= 0.3 is 0 Å². The number of allylic oxidation sites excluding steroid dienone is 6. The van der Waals surface area contributed by atoms with Crippen LogP contribution in [-0.2, 0) is 9.59 Å². The molecule has 0 saturated carbocycles. The molecular weight excluding hydrogens is 268 g/mol. The fourth-order valence-electron chi connectivity index (χ4n) is 2.33. The van der Waals surface area contributed by atoms with Crippen LogP contribution in [0.2, 0.25) is 0 Å². The van der Waals surface area contributed by atoms with Gasteiger partial charge in [0, 0.05) is 12.6 Å². The Morgan fingerprint density at radius 1 is 1.24 bits per heavy atom. The summed E-state index contributed by atoms with van der Waals surface area (Å²) in [6.07, 6.45) is 9.30. The first-order chi connectivity index (χ1) is 9.71. The van der Waals surface area contributed by atoms with E-state index in [9.17, 15) is 14.8 Å². The maximum absolute atomic E-state index is 12.4. The van der Waals surface area contributed by atoms with Gasteiger partial charge in [0.25, 0.3) is 11.8 Å². The van der Waals surface area contributed by atoms with Gasteiger partial charge in [-0.2, -0.15) is 0 Å². The van der Waals surface area contributed by atoms with Gasteiger partial charge in [-0.05, 0) is 22.6 Å². The molecule has 0 radical (unpaired) electrons. The van der Waals surface area contributed by atoms with Crippen LogP contribution < -0.4 is 5.32 Å². The number of carbonyl (C=O) groups excluding carboxylic acids is 2. The summed E-state index contributed by atoms with van der Waals surface area (Å²) < 4.78 is 0. The monoisotopic (exact) mass is 288 g/mol. The Morgan fingerprint density at radius 3 is 2.48 bits per heavy atom. The topological polar surface area (TPSA) is 69.6 Å². The second kappa shape index (κ2) is 5.33. The number of likely N-dealkylation sites (N-methyl/N-ethyl adjacent to an activating group) is 1. The molecule has 2 aliphatic carbocycles. The lowest BCUT2D eigenvalue weighted by molar-refractivity contribution is -0.165. The van der Waals surface area contributed by atoms with Crippen LogP contribution in [0.1, 0.15) is 20.8 Å². The average molecular weight is 288 g/mol. The zero-order valence-electron chi connectivity index (χ0n) is 12.7. The van der Waals surface area contributed by atoms with E-state index in [4.69, 9.17) is 0 Å². The van der Waals surface area contributed by atoms with Gasteiger partial charge in [0.15, 0.2) is 0 Å². The Morgan fingerprint density at radius 2 is 1.90 bits per heavy atom. The first kappa shape index (κ1) is 15.3. The fourth-order valence-corrected chi connectivity index (χ4v) is 2.33. The van der Waals surface area contributed by atoms with E-state index < -0.39 is 17.4 Å². The summed E-state index contributed by atoms with van der Waals surface area (Å²) in [4.78, 5) is 24.5. The standard InChI is InChI=1S/C16H20N2O3/c1-16(2,3)13(15(20)18(4)21)17-14(19)12-9-8-10-6-5-7-11(10)12/h5-9,13,21H,1-4H3,(H,17,19)/t13-/m1/s1. The molecule has 0 aliphatic heterocycles. The van der Waals surface area contributed by atoms with E-state index in [2.05, 4.69) is 5.32 Å². The number of hydrogen-bond acceptors (Lipinski definition) is 3. The number of carbonyl (C=O) groups is 2. The van der Waals surface area contributed by atoms with Crippen molar-refractivity contribution in [3.05, 3.63) is 47.1 Å². The average Bonchev–Trinajstić information content (AvgIpc) is 2.95. The zero-order valence-corrected chi connectivity index (χ0v) is 12.7. The van der Waals surface area contributed by atoms with Crippen molar-refractivity contribution in [1.29, 1.82) is 0 Å². The van der Waals surface area contributed by atoms with Crippen LogP contribution in [-0.4, -0.2) is 35.2 Å². The van der Waals surface area contributed by atoms with E-state index >= 15 is 0 Å². The molecular formula is C16H20N2O3. The first-order valence-electron chi connectivity index (χ1n) is 6.80. The number of rotatable bonds is 3. The van der Waals surface area contributed by atoms with Crippen molar-refractivity contribution in [3.8, 4) is 0 Å². The molecule has 0 bridgehead atoms. The van der Waals surface area contributed by atoms with E-state index in [1.807, 2.05) is 45.1 Å². The molecule has 0 aromatic rings. The predicted molar refractivity (Wildman–Crippen MR) is 79.3 cm³/mol. The molecule has 0 aromatic carbocycles. The van der Waals surface area contributed by atoms with Crippen LogP contribution in [0.25, 0.3) is 0 Å². The maximum atomic E-state index is 12.4. The predicted octanol–water partition coefficient (Wildman–Crippen LogP) is 1.73. The summed E-state index contributed by atoms with van der Waals surface area (Å²) in [6, 6.07) is -0.806. The molecule has 21 heavy (non-hydrogen) atoms. The fraction of sp³-hybridized carbons (Fsp3) is 0.375. The van der Waals surface area contributed by atoms with Crippen LogP contribution in [0.3, 0.4) is 0 Å². The Kier molecular flexibility index (Phi) is 3.87. The van der Waals surface area contributed by atoms with Crippen molar-refractivity contribution in [2.45, 2.75) is 26.8 Å². The molecule has 0 unspecified atom stereocenters. The number of nitrogens with one attached hydrogen (secondary N) is 1. The largest absolute Gasteiger partial charge is 0.340 e. The Balaban J connectivity index is 2.22. The zero-order chi connectivity index (χ0) is 15.8. The smallest absolute Gasteiger partial charge is 0.268 e. The molecule has 2 N–H and O–H groups in total. The number of nitrogens with zero attached hydrogens (tertiary/aromatic N) is 1. The molecule has 0 fully saturated rings. The normalized spacial score (nSPS) is 17.7. The molecule has 0 spiro atoms. The molecule has 0 aromatic heterocycles. The van der Waals surface area contributed by atoms with E-state index in [0.717, 1.165) is 11.1 Å². The van der Waals surface area contributed by atoms with Gasteiger partial charge in [0.2, 0.25) is 0 Å². The summed E-state index contributed by atoms with van der Waals surface area (Å²) in [5, 5.41) is 12.6. The molecule has 2 amide bonds. The van der Waals surface area contributed by atoms with Crippen molar-refractivity contribution in [3.63, 3.8) is 0 Å². The van der Waals surface area contributed by atoms with Gasteiger partial charge in [-0.1, -0.05) is 45.1 Å². The van der Waals surface area contributed by atoms with E-state index in [-0.39, 0.29) is 5.91 Å². The van der Waals surface area contributed by atoms with Crippen LogP contribution in [0.15, 0.2) is 47.1 Å². The first-order valence-corrected chi connectivity index (χ1v) is 6.80. The summed E-state index contributed by atoms with van der Waals surface area (Å²) in [5.41, 5.74) is 1.89. The van der Waals surface area contributed by atoms with Gasteiger partial charge < -0.3 is 5.32 Å². The minimum absolute atomic E-state index is 0.314. The second-order valence-corrected chi connectivity index (χ2v) is 6.28. The molecule has 112 valence electrons. The quantitative estimate of drug-likeness (QED) is 0.614. The molecule has 1 atom stereocenters. The summed E-state index contributed by atoms with van der Waals surface area (Å²) >= 11 is 0. The van der Waals surface area contributed by atoms with Crippen molar-refractivity contribution >= 4 is 11.8 Å². The Bertz CT molecular complexity index is 602. The minimum atomic E-state index is -0.806. The van der Waals surface area contributed by atoms with Gasteiger partial charge in [-0.3, -0.25) is 14.8 Å². The van der Waals surface area contributed by atoms with Gasteiger partial charge in [0.05, 0.1) is 0 Å². The third kappa shape index (κ3) is 2.97. The van der Waals surface area contributed by atoms with Crippen LogP contribution in [0, 0.1) is 5.41 Å². The summed E-state index contributed by atoms with van der Waals surface area (Å²) in [6.45, 7) is 5.51. The minimum Gasteiger partial charge on any atom is -0.340 e. The summed E-state index contributed by atoms with van der Waals surface area (Å²) in [7, 11) is 1.26. The van der Waals surface area contributed by atoms with Crippen molar-refractivity contribution < 1.29 is 14.8 Å². The Hall–Kier alpha value is -2.14. The molecule has 2 rings (SSSR count). The number of hydrogen-bond donors (Lipinski definition) is 2. The lowest BCUT2D eigenvalue weighted by Gasteiger charge is -2.31. The van der Waals surface area contributed by atoms with Gasteiger partial charge in [-0.25, -0.2) is 5.06 Å². The molecule has 5 nitrogen and oxygen atoms in total. The van der Waals surface area contributed by atoms with Crippen LogP contribution in [0.4, 0.5) is 0 Å². The SMILES string of the molecule is CN(O)C(=O)[C@@H](NC(=O)C1=C2C=CC=C2C=C1)C(C)(C)C. The highest BCUT2D eigenvalue weighted by Gasteiger charge is 2.35. The van der Waals surface area contributed by atoms with Crippen LogP contribution >= 0.6 is 0 Å². The highest BCUT2D eigenvalue weighted by Crippen LogP contribution is 2.30.